The first-order chi connectivity index (χ1) is 41.3. The van der Waals surface area contributed by atoms with E-state index in [9.17, 15) is 19.0 Å². The summed E-state index contributed by atoms with van der Waals surface area (Å²) in [6.45, 7) is 3.70. The van der Waals surface area contributed by atoms with Crippen LogP contribution in [-0.4, -0.2) is 49.3 Å². The van der Waals surface area contributed by atoms with Gasteiger partial charge in [-0.3, -0.25) is 18.6 Å². The molecule has 2 atom stereocenters. The number of nitrogens with two attached hydrogens (primary N) is 1. The van der Waals surface area contributed by atoms with Crippen molar-refractivity contribution in [2.75, 3.05) is 26.4 Å². The predicted octanol–water partition coefficient (Wildman–Crippen LogP) is 23.8. The number of hydrogen-bond acceptors (Lipinski definition) is 8. The van der Waals surface area contributed by atoms with Crippen LogP contribution in [0, 0.1) is 0 Å². The second-order valence-electron chi connectivity index (χ2n) is 24.4. The maximum atomic E-state index is 12.8. The normalized spacial score (nSPS) is 13.2. The van der Waals surface area contributed by atoms with Crippen molar-refractivity contribution in [1.29, 1.82) is 0 Å². The van der Waals surface area contributed by atoms with Crippen molar-refractivity contribution >= 4 is 19.8 Å². The van der Waals surface area contributed by atoms with Crippen molar-refractivity contribution in [2.45, 2.75) is 373 Å². The summed E-state index contributed by atoms with van der Waals surface area (Å²) in [5, 5.41) is 0. The second-order valence-corrected chi connectivity index (χ2v) is 25.9. The number of esters is 2. The van der Waals surface area contributed by atoms with Gasteiger partial charge < -0.3 is 20.1 Å². The molecule has 2 unspecified atom stereocenters. The fraction of sp³-hybridized carbons (Fsp3) is 0.838. The molecule has 0 aromatic rings. The highest BCUT2D eigenvalue weighted by Gasteiger charge is 2.26. The van der Waals surface area contributed by atoms with Crippen molar-refractivity contribution in [3.63, 3.8) is 0 Å². The van der Waals surface area contributed by atoms with E-state index in [1.54, 1.807) is 0 Å². The lowest BCUT2D eigenvalue weighted by Crippen LogP contribution is -2.29. The first-order valence-corrected chi connectivity index (χ1v) is 37.8. The molecule has 492 valence electrons. The van der Waals surface area contributed by atoms with Gasteiger partial charge in [-0.1, -0.05) is 357 Å². The van der Waals surface area contributed by atoms with Gasteiger partial charge in [-0.2, -0.15) is 0 Å². The molecule has 9 nitrogen and oxygen atoms in total. The minimum absolute atomic E-state index is 0.0556. The van der Waals surface area contributed by atoms with Gasteiger partial charge in [0.25, 0.3) is 0 Å². The number of hydrogen-bond donors (Lipinski definition) is 2. The van der Waals surface area contributed by atoms with E-state index in [0.717, 1.165) is 64.2 Å². The van der Waals surface area contributed by atoms with Crippen LogP contribution in [0.4, 0.5) is 0 Å². The molecular formula is C74H138NO8P. The smallest absolute Gasteiger partial charge is 0.462 e. The van der Waals surface area contributed by atoms with E-state index >= 15 is 0 Å². The number of rotatable bonds is 69. The Labute approximate surface area is 520 Å². The Hall–Kier alpha value is -2.29. The Morgan fingerprint density at radius 3 is 0.976 bits per heavy atom. The Morgan fingerprint density at radius 2 is 0.655 bits per heavy atom. The first-order valence-electron chi connectivity index (χ1n) is 36.3. The highest BCUT2D eigenvalue weighted by atomic mass is 31.2. The number of allylic oxidation sites excluding steroid dienone is 10. The highest BCUT2D eigenvalue weighted by Crippen LogP contribution is 2.43. The summed E-state index contributed by atoms with van der Waals surface area (Å²) < 4.78 is 33.2. The van der Waals surface area contributed by atoms with Crippen LogP contribution in [0.2, 0.25) is 0 Å². The minimum Gasteiger partial charge on any atom is -0.462 e. The minimum atomic E-state index is -4.39. The van der Waals surface area contributed by atoms with Crippen molar-refractivity contribution in [3.05, 3.63) is 60.8 Å². The topological polar surface area (TPSA) is 134 Å². The molecule has 0 bridgehead atoms. The average molecular weight is 1200 g/mol. The van der Waals surface area contributed by atoms with E-state index in [2.05, 4.69) is 74.6 Å². The standard InChI is InChI=1S/C74H138NO8P/c1-3-5-7-9-11-13-15-17-19-21-23-25-27-29-31-32-33-34-35-36-37-38-39-40-41-43-45-47-49-51-53-55-57-59-61-63-65-67-74(77)83-72(71-82-84(78,79)81-69-68-75)70-80-73(76)66-64-62-60-58-56-54-52-50-48-46-44-42-30-28-26-24-22-20-18-16-14-12-10-8-6-4-2/h5,7,11,13,17,19,23,25,29,31,72H,3-4,6,8-10,12,14-16,18,20-22,24,26-28,30,32-71,75H2,1-2H3,(H,78,79)/b7-5-,13-11-,19-17-,25-23-,31-29-. The molecule has 10 heteroatoms. The number of phosphoric ester groups is 1. The third-order valence-electron chi connectivity index (χ3n) is 16.2. The fourth-order valence-electron chi connectivity index (χ4n) is 10.8. The van der Waals surface area contributed by atoms with Crippen molar-refractivity contribution < 1.29 is 37.6 Å². The van der Waals surface area contributed by atoms with Crippen LogP contribution in [-0.2, 0) is 32.7 Å². The summed E-state index contributed by atoms with van der Waals surface area (Å²) in [5.74, 6) is -0.805. The number of carbonyl (C=O) groups is 2. The second kappa shape index (κ2) is 69.8. The number of ether oxygens (including phenoxy) is 2. The predicted molar refractivity (Wildman–Crippen MR) is 363 cm³/mol. The molecule has 0 aromatic heterocycles. The largest absolute Gasteiger partial charge is 0.472 e. The van der Waals surface area contributed by atoms with E-state index in [0.29, 0.717) is 6.42 Å². The SMILES string of the molecule is CC/C=C\C/C=C\C/C=C\C/C=C\C/C=C\CCCCCCCCCCCCCCCCCCCCCCCC(=O)OC(COC(=O)CCCCCCCCCCCCCCCCCCCCCCCCCCCC)COP(=O)(O)OCCN. The lowest BCUT2D eigenvalue weighted by Gasteiger charge is -2.19. The molecule has 0 aliphatic carbocycles. The van der Waals surface area contributed by atoms with Crippen LogP contribution in [0.15, 0.2) is 60.8 Å². The fourth-order valence-corrected chi connectivity index (χ4v) is 11.6. The van der Waals surface area contributed by atoms with Gasteiger partial charge >= 0.3 is 19.8 Å². The molecule has 0 rings (SSSR count). The molecule has 0 amide bonds. The van der Waals surface area contributed by atoms with Crippen LogP contribution >= 0.6 is 7.82 Å². The lowest BCUT2D eigenvalue weighted by molar-refractivity contribution is -0.161. The Balaban J connectivity index is 3.80. The first kappa shape index (κ1) is 81.7. The zero-order valence-corrected chi connectivity index (χ0v) is 56.3. The van der Waals surface area contributed by atoms with Gasteiger partial charge in [-0.25, -0.2) is 4.57 Å². The van der Waals surface area contributed by atoms with Crippen molar-refractivity contribution in [3.8, 4) is 0 Å². The summed E-state index contributed by atoms with van der Waals surface area (Å²) in [6.07, 6.45) is 90.5. The summed E-state index contributed by atoms with van der Waals surface area (Å²) >= 11 is 0. The Kier molecular flexibility index (Phi) is 67.9. The number of phosphoric acid groups is 1. The maximum Gasteiger partial charge on any atom is 0.472 e. The van der Waals surface area contributed by atoms with Gasteiger partial charge in [-0.05, 0) is 57.8 Å². The molecule has 84 heavy (non-hydrogen) atoms. The summed E-state index contributed by atoms with van der Waals surface area (Å²) in [5.41, 5.74) is 5.41. The van der Waals surface area contributed by atoms with Crippen LogP contribution in [0.3, 0.4) is 0 Å². The van der Waals surface area contributed by atoms with Crippen LogP contribution < -0.4 is 5.73 Å². The summed E-state index contributed by atoms with van der Waals surface area (Å²) in [6, 6.07) is 0. The van der Waals surface area contributed by atoms with Gasteiger partial charge in [0.05, 0.1) is 13.2 Å². The Morgan fingerprint density at radius 1 is 0.369 bits per heavy atom. The highest BCUT2D eigenvalue weighted by molar-refractivity contribution is 7.47. The third-order valence-corrected chi connectivity index (χ3v) is 17.2. The number of unbranched alkanes of at least 4 members (excludes halogenated alkanes) is 46. The molecule has 0 spiro atoms. The van der Waals surface area contributed by atoms with E-state index < -0.39 is 26.5 Å². The van der Waals surface area contributed by atoms with Crippen molar-refractivity contribution in [1.82, 2.24) is 0 Å². The van der Waals surface area contributed by atoms with E-state index in [1.165, 1.54) is 270 Å². The summed E-state index contributed by atoms with van der Waals surface area (Å²) in [4.78, 5) is 35.4. The molecule has 0 heterocycles. The molecule has 0 aromatic carbocycles. The molecule has 0 aliphatic heterocycles. The zero-order chi connectivity index (χ0) is 60.9. The maximum absolute atomic E-state index is 12.8. The van der Waals surface area contributed by atoms with E-state index in [4.69, 9.17) is 24.3 Å². The monoisotopic (exact) mass is 1200 g/mol. The molecule has 3 N–H and O–H groups in total. The molecular weight excluding hydrogens is 1060 g/mol. The molecule has 0 saturated carbocycles. The Bertz CT molecular complexity index is 1560. The quantitative estimate of drug-likeness (QED) is 0.0264. The van der Waals surface area contributed by atoms with Gasteiger partial charge in [-0.15, -0.1) is 0 Å². The van der Waals surface area contributed by atoms with Crippen molar-refractivity contribution in [2.24, 2.45) is 5.73 Å². The molecule has 0 saturated heterocycles. The molecule has 0 radical (unpaired) electrons. The van der Waals surface area contributed by atoms with Crippen LogP contribution in [0.5, 0.6) is 0 Å². The van der Waals surface area contributed by atoms with Gasteiger partial charge in [0, 0.05) is 19.4 Å². The zero-order valence-electron chi connectivity index (χ0n) is 55.4. The summed E-state index contributed by atoms with van der Waals surface area (Å²) in [7, 11) is -4.39. The molecule has 0 aliphatic rings. The number of carbonyl (C=O) groups excluding carboxylic acids is 2. The lowest BCUT2D eigenvalue weighted by atomic mass is 10.0. The molecule has 0 fully saturated rings. The van der Waals surface area contributed by atoms with Crippen LogP contribution in [0.25, 0.3) is 0 Å². The average Bonchev–Trinajstić information content (AvgIpc) is 3.58. The van der Waals surface area contributed by atoms with Gasteiger partial charge in [0.1, 0.15) is 6.61 Å². The van der Waals surface area contributed by atoms with Gasteiger partial charge in [0.2, 0.25) is 0 Å². The van der Waals surface area contributed by atoms with E-state index in [1.807, 2.05) is 0 Å². The third kappa shape index (κ3) is 68.8. The van der Waals surface area contributed by atoms with E-state index in [-0.39, 0.29) is 38.6 Å². The van der Waals surface area contributed by atoms with Crippen LogP contribution in [0.1, 0.15) is 367 Å². The van der Waals surface area contributed by atoms with Gasteiger partial charge in [0.15, 0.2) is 6.10 Å².